The predicted octanol–water partition coefficient (Wildman–Crippen LogP) is 0.157. The van der Waals surface area contributed by atoms with Crippen LogP contribution in [0.1, 0.15) is 26.7 Å². The van der Waals surface area contributed by atoms with E-state index in [1.807, 2.05) is 0 Å². The van der Waals surface area contributed by atoms with Crippen molar-refractivity contribution in [2.45, 2.75) is 44.2 Å². The maximum atomic E-state index is 12.4. The molecule has 0 radical (unpaired) electrons. The van der Waals surface area contributed by atoms with Crippen LogP contribution in [0.15, 0.2) is 28.0 Å². The topological polar surface area (TPSA) is 88.5 Å². The van der Waals surface area contributed by atoms with Gasteiger partial charge in [-0.1, -0.05) is 13.8 Å². The summed E-state index contributed by atoms with van der Waals surface area (Å²) in [7, 11) is -3.65. The van der Waals surface area contributed by atoms with Crippen LogP contribution in [0.3, 0.4) is 0 Å². The van der Waals surface area contributed by atoms with Gasteiger partial charge < -0.3 is 9.88 Å². The second-order valence-electron chi connectivity index (χ2n) is 5.26. The number of sulfonamides is 1. The molecule has 0 aliphatic heterocycles. The van der Waals surface area contributed by atoms with Gasteiger partial charge in [0.2, 0.25) is 15.9 Å². The van der Waals surface area contributed by atoms with E-state index in [1.54, 1.807) is 13.8 Å². The molecule has 7 nitrogen and oxygen atoms in total. The number of nitrogens with zero attached hydrogens (tertiary/aromatic N) is 2. The molecule has 0 atom stereocenters. The molecule has 0 unspecified atom stereocenters. The fourth-order valence-corrected chi connectivity index (χ4v) is 3.63. The summed E-state index contributed by atoms with van der Waals surface area (Å²) in [5.74, 6) is -0.276. The smallest absolute Gasteiger partial charge is 0.251 e. The van der Waals surface area contributed by atoms with Crippen molar-refractivity contribution in [3.05, 3.63) is 28.7 Å². The molecular weight excluding hydrogens is 306 g/mol. The molecule has 8 heteroatoms. The van der Waals surface area contributed by atoms with Crippen LogP contribution in [0, 0.1) is 0 Å². The molecular formula is C14H21N3O4S. The molecule has 1 aliphatic carbocycles. The number of hydrogen-bond acceptors (Lipinski definition) is 4. The van der Waals surface area contributed by atoms with E-state index < -0.39 is 15.6 Å². The summed E-state index contributed by atoms with van der Waals surface area (Å²) in [6.45, 7) is 4.03. The summed E-state index contributed by atoms with van der Waals surface area (Å²) in [5, 5.41) is 2.77. The van der Waals surface area contributed by atoms with E-state index in [1.165, 1.54) is 22.6 Å². The van der Waals surface area contributed by atoms with E-state index >= 15 is 0 Å². The Balaban J connectivity index is 2.25. The molecule has 0 aromatic carbocycles. The van der Waals surface area contributed by atoms with Gasteiger partial charge in [0.05, 0.1) is 4.90 Å². The zero-order chi connectivity index (χ0) is 16.3. The van der Waals surface area contributed by atoms with Gasteiger partial charge in [0.25, 0.3) is 5.56 Å². The van der Waals surface area contributed by atoms with E-state index in [0.29, 0.717) is 13.1 Å². The zero-order valence-corrected chi connectivity index (χ0v) is 13.6. The third kappa shape index (κ3) is 3.75. The number of rotatable bonds is 7. The van der Waals surface area contributed by atoms with E-state index in [0.717, 1.165) is 17.4 Å². The molecule has 1 amide bonds. The quantitative estimate of drug-likeness (QED) is 0.772. The van der Waals surface area contributed by atoms with Gasteiger partial charge in [0.1, 0.15) is 6.54 Å². The number of aromatic nitrogens is 1. The Morgan fingerprint density at radius 1 is 1.32 bits per heavy atom. The Hall–Kier alpha value is -1.67. The minimum atomic E-state index is -3.65. The fraction of sp³-hybridized carbons (Fsp3) is 0.571. The highest BCUT2D eigenvalue weighted by molar-refractivity contribution is 7.89. The third-order valence-electron chi connectivity index (χ3n) is 3.56. The van der Waals surface area contributed by atoms with E-state index in [-0.39, 0.29) is 23.4 Å². The lowest BCUT2D eigenvalue weighted by atomic mass is 10.4. The Kier molecular flexibility index (Phi) is 5.02. The van der Waals surface area contributed by atoms with Crippen molar-refractivity contribution < 1.29 is 13.2 Å². The molecule has 1 fully saturated rings. The maximum Gasteiger partial charge on any atom is 0.251 e. The highest BCUT2D eigenvalue weighted by Gasteiger charge is 2.25. The highest BCUT2D eigenvalue weighted by Crippen LogP contribution is 2.18. The van der Waals surface area contributed by atoms with Crippen molar-refractivity contribution in [2.75, 3.05) is 13.1 Å². The van der Waals surface area contributed by atoms with Crippen LogP contribution in [0.4, 0.5) is 0 Å². The fourth-order valence-electron chi connectivity index (χ4n) is 2.15. The average Bonchev–Trinajstić information content (AvgIpc) is 3.26. The van der Waals surface area contributed by atoms with Gasteiger partial charge in [-0.25, -0.2) is 8.42 Å². The first kappa shape index (κ1) is 16.7. The molecule has 122 valence electrons. The second kappa shape index (κ2) is 6.62. The highest BCUT2D eigenvalue weighted by atomic mass is 32.2. The zero-order valence-electron chi connectivity index (χ0n) is 12.8. The van der Waals surface area contributed by atoms with Crippen molar-refractivity contribution in [3.8, 4) is 0 Å². The largest absolute Gasteiger partial charge is 0.352 e. The molecule has 0 spiro atoms. The van der Waals surface area contributed by atoms with Crippen molar-refractivity contribution in [2.24, 2.45) is 0 Å². The molecule has 1 N–H and O–H groups in total. The molecule has 1 aliphatic rings. The van der Waals surface area contributed by atoms with Crippen molar-refractivity contribution in [1.82, 2.24) is 14.2 Å². The summed E-state index contributed by atoms with van der Waals surface area (Å²) in [6.07, 6.45) is 3.15. The lowest BCUT2D eigenvalue weighted by molar-refractivity contribution is -0.121. The molecule has 1 aromatic rings. The molecule has 1 aromatic heterocycles. The summed E-state index contributed by atoms with van der Waals surface area (Å²) < 4.78 is 27.3. The Bertz CT molecular complexity index is 703. The normalized spacial score (nSPS) is 15.0. The first-order chi connectivity index (χ1) is 10.4. The molecule has 1 saturated carbocycles. The van der Waals surface area contributed by atoms with Crippen LogP contribution in [0.25, 0.3) is 0 Å². The van der Waals surface area contributed by atoms with Crippen LogP contribution in [0.2, 0.25) is 0 Å². The molecule has 0 saturated heterocycles. The van der Waals surface area contributed by atoms with Gasteiger partial charge in [-0.2, -0.15) is 4.31 Å². The Morgan fingerprint density at radius 3 is 2.50 bits per heavy atom. The number of carbonyl (C=O) groups is 1. The number of amides is 1. The summed E-state index contributed by atoms with van der Waals surface area (Å²) in [5.41, 5.74) is -0.399. The predicted molar refractivity (Wildman–Crippen MR) is 82.0 cm³/mol. The van der Waals surface area contributed by atoms with E-state index in [4.69, 9.17) is 0 Å². The minimum Gasteiger partial charge on any atom is -0.352 e. The lowest BCUT2D eigenvalue weighted by Crippen LogP contribution is -2.35. The monoisotopic (exact) mass is 327 g/mol. The van der Waals surface area contributed by atoms with E-state index in [2.05, 4.69) is 5.32 Å². The summed E-state index contributed by atoms with van der Waals surface area (Å²) in [6, 6.07) is 2.66. The summed E-state index contributed by atoms with van der Waals surface area (Å²) >= 11 is 0. The summed E-state index contributed by atoms with van der Waals surface area (Å²) in [4.78, 5) is 23.6. The third-order valence-corrected chi connectivity index (χ3v) is 5.59. The van der Waals surface area contributed by atoms with Crippen LogP contribution in [-0.4, -0.2) is 42.3 Å². The Labute approximate surface area is 130 Å². The van der Waals surface area contributed by atoms with Crippen LogP contribution in [-0.2, 0) is 21.4 Å². The first-order valence-corrected chi connectivity index (χ1v) is 8.82. The molecule has 0 bridgehead atoms. The lowest BCUT2D eigenvalue weighted by Gasteiger charge is -2.19. The van der Waals surface area contributed by atoms with Crippen LogP contribution >= 0.6 is 0 Å². The number of hydrogen-bond donors (Lipinski definition) is 1. The average molecular weight is 327 g/mol. The van der Waals surface area contributed by atoms with Crippen molar-refractivity contribution in [3.63, 3.8) is 0 Å². The standard InChI is InChI=1S/C14H21N3O4S/c1-3-17(4-2)22(20,21)12-7-8-14(19)16(9-12)10-13(18)15-11-5-6-11/h7-9,11H,3-6,10H2,1-2H3,(H,15,18). The number of carbonyl (C=O) groups excluding carboxylic acids is 1. The molecule has 22 heavy (non-hydrogen) atoms. The van der Waals surface area contributed by atoms with E-state index in [9.17, 15) is 18.0 Å². The van der Waals surface area contributed by atoms with Crippen molar-refractivity contribution >= 4 is 15.9 Å². The first-order valence-electron chi connectivity index (χ1n) is 7.38. The number of nitrogens with one attached hydrogen (secondary N) is 1. The minimum absolute atomic E-state index is 0.0232. The van der Waals surface area contributed by atoms with Crippen LogP contribution in [0.5, 0.6) is 0 Å². The van der Waals surface area contributed by atoms with Gasteiger partial charge in [-0.15, -0.1) is 0 Å². The SMILES string of the molecule is CCN(CC)S(=O)(=O)c1ccc(=O)n(CC(=O)NC2CC2)c1. The molecule has 2 rings (SSSR count). The van der Waals surface area contributed by atoms with Crippen LogP contribution < -0.4 is 10.9 Å². The van der Waals surface area contributed by atoms with Gasteiger partial charge >= 0.3 is 0 Å². The maximum absolute atomic E-state index is 12.4. The van der Waals surface area contributed by atoms with Gasteiger partial charge in [-0.05, 0) is 18.9 Å². The van der Waals surface area contributed by atoms with Gasteiger partial charge in [0.15, 0.2) is 0 Å². The van der Waals surface area contributed by atoms with Crippen molar-refractivity contribution in [1.29, 1.82) is 0 Å². The Morgan fingerprint density at radius 2 is 1.95 bits per heavy atom. The van der Waals surface area contributed by atoms with Gasteiger partial charge in [0, 0.05) is 31.4 Å². The molecule has 1 heterocycles. The number of pyridine rings is 1. The second-order valence-corrected chi connectivity index (χ2v) is 7.20. The van der Waals surface area contributed by atoms with Gasteiger partial charge in [-0.3, -0.25) is 9.59 Å².